The van der Waals surface area contributed by atoms with Gasteiger partial charge in [-0.15, -0.1) is 0 Å². The van der Waals surface area contributed by atoms with Crippen molar-refractivity contribution in [1.82, 2.24) is 9.55 Å². The number of nitrogens with zero attached hydrogens (tertiary/aromatic N) is 2. The van der Waals surface area contributed by atoms with Gasteiger partial charge in [0.25, 0.3) is 5.56 Å². The quantitative estimate of drug-likeness (QED) is 0.161. The molecule has 1 aliphatic heterocycles. The highest BCUT2D eigenvalue weighted by molar-refractivity contribution is 7.70. The number of aliphatic hydroxyl groups excluding tert-OH is 2. The van der Waals surface area contributed by atoms with Gasteiger partial charge in [0.1, 0.15) is 30.5 Å². The van der Waals surface area contributed by atoms with Crippen LogP contribution in [0.15, 0.2) is 87.5 Å². The van der Waals surface area contributed by atoms with E-state index in [0.29, 0.717) is 0 Å². The summed E-state index contributed by atoms with van der Waals surface area (Å²) in [5, 5.41) is 20.6. The van der Waals surface area contributed by atoms with Crippen molar-refractivity contribution in [2.24, 2.45) is 10.9 Å². The normalized spacial score (nSPS) is 22.7. The molecule has 0 amide bonds. The van der Waals surface area contributed by atoms with E-state index in [1.165, 1.54) is 6.92 Å². The molecule has 6 atom stereocenters. The molecule has 2 heterocycles. The Hall–Kier alpha value is -3.87. The third-order valence-corrected chi connectivity index (χ3v) is 7.64. The number of aromatic nitrogens is 2. The Morgan fingerprint density at radius 3 is 2.49 bits per heavy atom. The minimum Gasteiger partial charge on any atom is -0.459 e. The number of ether oxygens (including phenoxy) is 2. The Bertz CT molecular complexity index is 1490. The van der Waals surface area contributed by atoms with Gasteiger partial charge < -0.3 is 24.2 Å². The van der Waals surface area contributed by atoms with E-state index in [1.54, 1.807) is 42.5 Å². The second-order valence-corrected chi connectivity index (χ2v) is 10.9. The highest BCUT2D eigenvalue weighted by atomic mass is 31.2. The molecule has 2 aromatic carbocycles. The van der Waals surface area contributed by atoms with Crippen molar-refractivity contribution in [3.63, 3.8) is 0 Å². The summed E-state index contributed by atoms with van der Waals surface area (Å²) in [7, 11) is -4.19. The average Bonchev–Trinajstić information content (AvgIpc) is 3.29. The van der Waals surface area contributed by atoms with Crippen LogP contribution >= 0.6 is 7.60 Å². The lowest BCUT2D eigenvalue weighted by molar-refractivity contribution is -0.145. The molecule has 1 saturated heterocycles. The monoisotopic (exact) mass is 587 g/mol. The van der Waals surface area contributed by atoms with Gasteiger partial charge in [-0.1, -0.05) is 48.5 Å². The van der Waals surface area contributed by atoms with E-state index in [9.17, 15) is 29.2 Å². The molecule has 41 heavy (non-hydrogen) atoms. The van der Waals surface area contributed by atoms with E-state index < -0.39 is 68.4 Å². The van der Waals surface area contributed by atoms with Crippen LogP contribution in [0.1, 0.15) is 18.7 Å². The molecule has 0 saturated carbocycles. The molecule has 3 aromatic rings. The van der Waals surface area contributed by atoms with Gasteiger partial charge in [-0.25, -0.2) is 14.2 Å². The fourth-order valence-electron chi connectivity index (χ4n) is 4.02. The first-order valence-electron chi connectivity index (χ1n) is 12.7. The average molecular weight is 588 g/mol. The minimum absolute atomic E-state index is 0.0393. The SMILES string of the molecule is C[C@@H](N=CP(=O)(OC[C@H]1O[C@@H](n2ccc(=O)[nH]c2=O)[C@H](O)[C@@H]1CO)Oc1ccccc1)C(=O)OCc1ccccc1. The van der Waals surface area contributed by atoms with Crippen LogP contribution in [0, 0.1) is 5.92 Å². The van der Waals surface area contributed by atoms with Crippen LogP contribution in [0.25, 0.3) is 0 Å². The lowest BCUT2D eigenvalue weighted by Crippen LogP contribution is -2.36. The molecule has 0 aliphatic carbocycles. The first kappa shape index (κ1) is 30.1. The van der Waals surface area contributed by atoms with Crippen LogP contribution in [-0.4, -0.2) is 63.2 Å². The number of benzene rings is 2. The summed E-state index contributed by atoms with van der Waals surface area (Å²) in [6.45, 7) is 0.505. The van der Waals surface area contributed by atoms with Gasteiger partial charge in [-0.3, -0.25) is 23.9 Å². The zero-order valence-corrected chi connectivity index (χ0v) is 22.9. The number of esters is 1. The zero-order valence-electron chi connectivity index (χ0n) is 22.0. The van der Waals surface area contributed by atoms with Gasteiger partial charge in [0.05, 0.1) is 19.3 Å². The Balaban J connectivity index is 1.47. The Labute approximate surface area is 234 Å². The number of aromatic amines is 1. The largest absolute Gasteiger partial charge is 0.459 e. The highest BCUT2D eigenvalue weighted by Gasteiger charge is 2.45. The molecule has 0 bridgehead atoms. The molecule has 218 valence electrons. The van der Waals surface area contributed by atoms with Gasteiger partial charge in [0, 0.05) is 18.2 Å². The number of para-hydroxylation sites is 1. The summed E-state index contributed by atoms with van der Waals surface area (Å²) in [6, 6.07) is 17.3. The van der Waals surface area contributed by atoms with Gasteiger partial charge in [-0.05, 0) is 24.6 Å². The van der Waals surface area contributed by atoms with Crippen LogP contribution in [0.2, 0.25) is 0 Å². The number of hydrogen-bond acceptors (Lipinski definition) is 11. The number of aliphatic imine (C=N–C) groups is 1. The molecule has 1 fully saturated rings. The van der Waals surface area contributed by atoms with Gasteiger partial charge in [0.15, 0.2) is 6.23 Å². The number of aliphatic hydroxyl groups is 2. The van der Waals surface area contributed by atoms with Gasteiger partial charge in [0.2, 0.25) is 0 Å². The zero-order chi connectivity index (χ0) is 29.4. The number of carbonyl (C=O) groups is 1. The number of rotatable bonds is 12. The summed E-state index contributed by atoms with van der Waals surface area (Å²) in [4.78, 5) is 42.2. The summed E-state index contributed by atoms with van der Waals surface area (Å²) >= 11 is 0. The molecule has 0 radical (unpaired) electrons. The molecule has 3 N–H and O–H groups in total. The Morgan fingerprint density at radius 1 is 1.15 bits per heavy atom. The summed E-state index contributed by atoms with van der Waals surface area (Å²) in [5.74, 6) is -0.496. The lowest BCUT2D eigenvalue weighted by Gasteiger charge is -2.21. The van der Waals surface area contributed by atoms with Crippen molar-refractivity contribution in [2.75, 3.05) is 13.2 Å². The van der Waals surface area contributed by atoms with Crippen LogP contribution < -0.4 is 15.8 Å². The van der Waals surface area contributed by atoms with E-state index in [-0.39, 0.29) is 12.4 Å². The molecular formula is C27H30N3O10P. The summed E-state index contributed by atoms with van der Waals surface area (Å²) in [5.41, 5.74) is -0.662. The van der Waals surface area contributed by atoms with Crippen LogP contribution in [0.3, 0.4) is 0 Å². The fraction of sp³-hybridized carbons (Fsp3) is 0.333. The smallest absolute Gasteiger partial charge is 0.421 e. The standard InChI is InChI=1S/C27H30N3O10P/c1-18(26(34)37-15-19-8-4-2-5-9-19)28-17-41(36,40-20-10-6-3-7-11-20)38-16-22-21(14-31)24(33)25(39-22)30-13-12-23(32)29-27(30)35/h2-13,17-18,21-22,24-25,31,33H,14-16H2,1H3,(H,29,32,35)/t18-,21-,22-,24-,25-,41?/m1/s1. The van der Waals surface area contributed by atoms with E-state index in [2.05, 4.69) is 9.98 Å². The van der Waals surface area contributed by atoms with E-state index >= 15 is 0 Å². The fourth-order valence-corrected chi connectivity index (χ4v) is 5.32. The third-order valence-electron chi connectivity index (χ3n) is 6.25. The highest BCUT2D eigenvalue weighted by Crippen LogP contribution is 2.47. The van der Waals surface area contributed by atoms with Gasteiger partial charge >= 0.3 is 19.3 Å². The topological polar surface area (TPSA) is 179 Å². The molecule has 4 rings (SSSR count). The molecule has 1 unspecified atom stereocenters. The van der Waals surface area contributed by atoms with Crippen molar-refractivity contribution in [2.45, 2.75) is 38.0 Å². The maximum absolute atomic E-state index is 13.7. The second kappa shape index (κ2) is 13.7. The van der Waals surface area contributed by atoms with Crippen molar-refractivity contribution in [3.8, 4) is 5.75 Å². The Morgan fingerprint density at radius 2 is 1.83 bits per heavy atom. The van der Waals surface area contributed by atoms with Crippen LogP contribution in [0.5, 0.6) is 5.75 Å². The predicted octanol–water partition coefficient (Wildman–Crippen LogP) is 1.85. The molecule has 0 spiro atoms. The van der Waals surface area contributed by atoms with E-state index in [4.69, 9.17) is 18.5 Å². The van der Waals surface area contributed by atoms with Crippen molar-refractivity contribution >= 4 is 19.5 Å². The number of carbonyl (C=O) groups excluding carboxylic acids is 1. The van der Waals surface area contributed by atoms with Crippen molar-refractivity contribution in [1.29, 1.82) is 0 Å². The maximum atomic E-state index is 13.7. The van der Waals surface area contributed by atoms with Gasteiger partial charge in [-0.2, -0.15) is 0 Å². The summed E-state index contributed by atoms with van der Waals surface area (Å²) in [6.07, 6.45) is -2.50. The van der Waals surface area contributed by atoms with Crippen molar-refractivity contribution in [3.05, 3.63) is 99.3 Å². The molecule has 13 nitrogen and oxygen atoms in total. The van der Waals surface area contributed by atoms with E-state index in [0.717, 1.165) is 28.3 Å². The first-order chi connectivity index (χ1) is 19.7. The Kier molecular flexibility index (Phi) is 10.0. The molecule has 1 aromatic heterocycles. The second-order valence-electron chi connectivity index (χ2n) is 9.19. The van der Waals surface area contributed by atoms with E-state index in [1.807, 2.05) is 18.2 Å². The minimum atomic E-state index is -4.19. The maximum Gasteiger partial charge on any atom is 0.421 e. The lowest BCUT2D eigenvalue weighted by atomic mass is 9.99. The number of H-pyrrole nitrogens is 1. The van der Waals surface area contributed by atoms with Crippen molar-refractivity contribution < 1.29 is 38.1 Å². The predicted molar refractivity (Wildman–Crippen MR) is 147 cm³/mol. The molecule has 1 aliphatic rings. The summed E-state index contributed by atoms with van der Waals surface area (Å²) < 4.78 is 37.0. The number of nitrogens with one attached hydrogen (secondary N) is 1. The first-order valence-corrected chi connectivity index (χ1v) is 14.3. The van der Waals surface area contributed by atoms with Crippen LogP contribution in [0.4, 0.5) is 0 Å². The molecular weight excluding hydrogens is 557 g/mol. The number of hydrogen-bond donors (Lipinski definition) is 3. The third kappa shape index (κ3) is 7.87. The molecule has 14 heteroatoms. The van der Waals surface area contributed by atoms with Crippen LogP contribution in [-0.2, 0) is 30.0 Å².